The van der Waals surface area contributed by atoms with Crippen molar-refractivity contribution in [2.45, 2.75) is 19.1 Å². The molecule has 2 atom stereocenters. The SMILES string of the molecule is O=C(NC1CCOCC1CO)OCc1ccccc1. The van der Waals surface area contributed by atoms with E-state index in [-0.39, 0.29) is 25.2 Å². The number of rotatable bonds is 4. The van der Waals surface area contributed by atoms with Gasteiger partial charge in [-0.3, -0.25) is 0 Å². The quantitative estimate of drug-likeness (QED) is 0.861. The lowest BCUT2D eigenvalue weighted by molar-refractivity contribution is 0.00755. The molecule has 1 amide bonds. The van der Waals surface area contributed by atoms with Gasteiger partial charge >= 0.3 is 6.09 Å². The van der Waals surface area contributed by atoms with Crippen LogP contribution >= 0.6 is 0 Å². The smallest absolute Gasteiger partial charge is 0.407 e. The molecular weight excluding hydrogens is 246 g/mol. The second kappa shape index (κ2) is 7.11. The number of carbonyl (C=O) groups excluding carboxylic acids is 1. The Hall–Kier alpha value is -1.59. The Morgan fingerprint density at radius 2 is 2.21 bits per heavy atom. The summed E-state index contributed by atoms with van der Waals surface area (Å²) in [5.41, 5.74) is 0.948. The van der Waals surface area contributed by atoms with E-state index >= 15 is 0 Å². The summed E-state index contributed by atoms with van der Waals surface area (Å²) >= 11 is 0. The van der Waals surface area contributed by atoms with Gasteiger partial charge in [-0.1, -0.05) is 30.3 Å². The minimum absolute atomic E-state index is 0.00360. The summed E-state index contributed by atoms with van der Waals surface area (Å²) in [6.45, 7) is 1.32. The fourth-order valence-corrected chi connectivity index (χ4v) is 2.08. The number of alkyl carbamates (subject to hydrolysis) is 1. The highest BCUT2D eigenvalue weighted by Crippen LogP contribution is 2.14. The third-order valence-corrected chi connectivity index (χ3v) is 3.22. The van der Waals surface area contributed by atoms with E-state index < -0.39 is 6.09 Å². The number of amides is 1. The van der Waals surface area contributed by atoms with Crippen LogP contribution in [-0.4, -0.2) is 37.1 Å². The molecule has 1 fully saturated rings. The summed E-state index contributed by atoms with van der Waals surface area (Å²) in [5, 5.41) is 12.0. The average molecular weight is 265 g/mol. The number of aliphatic hydroxyl groups excluding tert-OH is 1. The van der Waals surface area contributed by atoms with Crippen molar-refractivity contribution in [3.8, 4) is 0 Å². The summed E-state index contributed by atoms with van der Waals surface area (Å²) in [7, 11) is 0. The normalized spacial score (nSPS) is 22.8. The van der Waals surface area contributed by atoms with E-state index in [4.69, 9.17) is 9.47 Å². The standard InChI is InChI=1S/C14H19NO4/c16-8-12-10-18-7-6-13(12)15-14(17)19-9-11-4-2-1-3-5-11/h1-5,12-13,16H,6-10H2,(H,15,17). The van der Waals surface area contributed by atoms with Gasteiger partial charge in [0.25, 0.3) is 0 Å². The van der Waals surface area contributed by atoms with Crippen molar-refractivity contribution in [1.29, 1.82) is 0 Å². The van der Waals surface area contributed by atoms with E-state index in [1.165, 1.54) is 0 Å². The molecule has 2 unspecified atom stereocenters. The van der Waals surface area contributed by atoms with Crippen LogP contribution in [0, 0.1) is 5.92 Å². The Labute approximate surface area is 112 Å². The molecular formula is C14H19NO4. The molecule has 1 aliphatic heterocycles. The number of aliphatic hydroxyl groups is 1. The molecule has 0 radical (unpaired) electrons. The van der Waals surface area contributed by atoms with E-state index in [0.717, 1.165) is 5.56 Å². The first-order valence-corrected chi connectivity index (χ1v) is 6.45. The van der Waals surface area contributed by atoms with Crippen molar-refractivity contribution < 1.29 is 19.4 Å². The Bertz CT molecular complexity index is 396. The number of hydrogen-bond donors (Lipinski definition) is 2. The number of ether oxygens (including phenoxy) is 2. The highest BCUT2D eigenvalue weighted by atomic mass is 16.5. The van der Waals surface area contributed by atoms with Gasteiger partial charge < -0.3 is 19.9 Å². The van der Waals surface area contributed by atoms with E-state index in [9.17, 15) is 9.90 Å². The molecule has 1 aromatic rings. The van der Waals surface area contributed by atoms with E-state index in [1.807, 2.05) is 30.3 Å². The molecule has 0 aliphatic carbocycles. The topological polar surface area (TPSA) is 67.8 Å². The van der Waals surface area contributed by atoms with E-state index in [0.29, 0.717) is 19.6 Å². The number of carbonyl (C=O) groups is 1. The van der Waals surface area contributed by atoms with Crippen molar-refractivity contribution in [3.05, 3.63) is 35.9 Å². The predicted molar refractivity (Wildman–Crippen MR) is 69.6 cm³/mol. The highest BCUT2D eigenvalue weighted by Gasteiger charge is 2.26. The van der Waals surface area contributed by atoms with Crippen molar-refractivity contribution in [2.75, 3.05) is 19.8 Å². The number of benzene rings is 1. The molecule has 0 bridgehead atoms. The molecule has 1 aliphatic rings. The van der Waals surface area contributed by atoms with Crippen molar-refractivity contribution in [1.82, 2.24) is 5.32 Å². The minimum atomic E-state index is -0.450. The van der Waals surface area contributed by atoms with Crippen LogP contribution < -0.4 is 5.32 Å². The second-order valence-electron chi connectivity index (χ2n) is 4.62. The molecule has 104 valence electrons. The Balaban J connectivity index is 1.77. The summed E-state index contributed by atoms with van der Waals surface area (Å²) in [5.74, 6) is -0.0574. The first kappa shape index (κ1) is 13.8. The first-order valence-electron chi connectivity index (χ1n) is 6.45. The van der Waals surface area contributed by atoms with Gasteiger partial charge in [0.2, 0.25) is 0 Å². The zero-order valence-corrected chi connectivity index (χ0v) is 10.7. The molecule has 2 rings (SSSR count). The minimum Gasteiger partial charge on any atom is -0.445 e. The van der Waals surface area contributed by atoms with Crippen molar-refractivity contribution in [2.24, 2.45) is 5.92 Å². The van der Waals surface area contributed by atoms with Gasteiger partial charge in [0.15, 0.2) is 0 Å². The number of hydrogen-bond acceptors (Lipinski definition) is 4. The predicted octanol–water partition coefficient (Wildman–Crippen LogP) is 1.31. The molecule has 1 heterocycles. The van der Waals surface area contributed by atoms with Crippen LogP contribution in [0.25, 0.3) is 0 Å². The molecule has 1 aromatic carbocycles. The van der Waals surface area contributed by atoms with Crippen molar-refractivity contribution >= 4 is 6.09 Å². The lowest BCUT2D eigenvalue weighted by Crippen LogP contribution is -2.47. The highest BCUT2D eigenvalue weighted by molar-refractivity contribution is 5.67. The molecule has 2 N–H and O–H groups in total. The summed E-state index contributed by atoms with van der Waals surface area (Å²) in [6.07, 6.45) is 0.250. The van der Waals surface area contributed by atoms with Gasteiger partial charge in [-0.15, -0.1) is 0 Å². The molecule has 5 heteroatoms. The maximum atomic E-state index is 11.7. The van der Waals surface area contributed by atoms with Crippen LogP contribution in [0.4, 0.5) is 4.79 Å². The molecule has 19 heavy (non-hydrogen) atoms. The van der Waals surface area contributed by atoms with Crippen LogP contribution in [0.1, 0.15) is 12.0 Å². The van der Waals surface area contributed by atoms with Crippen LogP contribution in [0.2, 0.25) is 0 Å². The average Bonchev–Trinajstić information content (AvgIpc) is 2.47. The molecule has 0 aromatic heterocycles. The lowest BCUT2D eigenvalue weighted by Gasteiger charge is -2.30. The zero-order chi connectivity index (χ0) is 13.5. The Morgan fingerprint density at radius 3 is 2.95 bits per heavy atom. The number of nitrogens with one attached hydrogen (secondary N) is 1. The molecule has 0 spiro atoms. The largest absolute Gasteiger partial charge is 0.445 e. The van der Waals surface area contributed by atoms with Gasteiger partial charge in [-0.25, -0.2) is 4.79 Å². The Kier molecular flexibility index (Phi) is 5.18. The van der Waals surface area contributed by atoms with Crippen LogP contribution in [-0.2, 0) is 16.1 Å². The summed E-state index contributed by atoms with van der Waals surface area (Å²) in [4.78, 5) is 11.7. The maximum Gasteiger partial charge on any atom is 0.407 e. The third kappa shape index (κ3) is 4.22. The monoisotopic (exact) mass is 265 g/mol. The molecule has 0 saturated carbocycles. The van der Waals surface area contributed by atoms with Crippen molar-refractivity contribution in [3.63, 3.8) is 0 Å². The van der Waals surface area contributed by atoms with Gasteiger partial charge in [0.05, 0.1) is 13.2 Å². The van der Waals surface area contributed by atoms with Crippen LogP contribution in [0.5, 0.6) is 0 Å². The summed E-state index contributed by atoms with van der Waals surface area (Å²) in [6, 6.07) is 9.43. The van der Waals surface area contributed by atoms with Crippen LogP contribution in [0.3, 0.4) is 0 Å². The molecule has 1 saturated heterocycles. The second-order valence-corrected chi connectivity index (χ2v) is 4.62. The third-order valence-electron chi connectivity index (χ3n) is 3.22. The van der Waals surface area contributed by atoms with Gasteiger partial charge in [0.1, 0.15) is 6.61 Å². The summed E-state index contributed by atoms with van der Waals surface area (Å²) < 4.78 is 10.4. The zero-order valence-electron chi connectivity index (χ0n) is 10.7. The lowest BCUT2D eigenvalue weighted by atomic mass is 9.97. The van der Waals surface area contributed by atoms with Gasteiger partial charge in [0, 0.05) is 18.6 Å². The Morgan fingerprint density at radius 1 is 1.42 bits per heavy atom. The molecule has 5 nitrogen and oxygen atoms in total. The van der Waals surface area contributed by atoms with E-state index in [2.05, 4.69) is 5.32 Å². The van der Waals surface area contributed by atoms with Crippen LogP contribution in [0.15, 0.2) is 30.3 Å². The maximum absolute atomic E-state index is 11.7. The fraction of sp³-hybridized carbons (Fsp3) is 0.500. The fourth-order valence-electron chi connectivity index (χ4n) is 2.08. The van der Waals surface area contributed by atoms with E-state index in [1.54, 1.807) is 0 Å². The first-order chi connectivity index (χ1) is 9.29. The van der Waals surface area contributed by atoms with Gasteiger partial charge in [-0.2, -0.15) is 0 Å². The van der Waals surface area contributed by atoms with Gasteiger partial charge in [-0.05, 0) is 12.0 Å².